The zero-order chi connectivity index (χ0) is 19.2. The normalized spacial score (nSPS) is 40.0. The SMILES string of the molecule is C=CC[C@@H]1C(=O)[C@@H]2O[C@@H]3O[C@H]2[C@@H](OC(C)=O)[C@@]1(NC(C)=O)[C@@H]3OC(C)=O. The molecule has 0 aromatic rings. The molecular formula is C17H21NO8. The van der Waals surface area contributed by atoms with Crippen molar-refractivity contribution in [2.45, 2.75) is 63.4 Å². The van der Waals surface area contributed by atoms with E-state index in [1.165, 1.54) is 26.8 Å². The van der Waals surface area contributed by atoms with Crippen LogP contribution in [0.25, 0.3) is 0 Å². The van der Waals surface area contributed by atoms with E-state index < -0.39 is 60.0 Å². The Balaban J connectivity index is 2.20. The summed E-state index contributed by atoms with van der Waals surface area (Å²) in [6.45, 7) is 7.34. The summed E-state index contributed by atoms with van der Waals surface area (Å²) in [7, 11) is 0. The van der Waals surface area contributed by atoms with E-state index in [1.807, 2.05) is 0 Å². The van der Waals surface area contributed by atoms with Crippen molar-refractivity contribution < 1.29 is 38.1 Å². The number of amides is 1. The highest BCUT2D eigenvalue weighted by molar-refractivity contribution is 5.91. The van der Waals surface area contributed by atoms with Gasteiger partial charge in [-0.05, 0) is 6.42 Å². The monoisotopic (exact) mass is 367 g/mol. The van der Waals surface area contributed by atoms with E-state index in [0.717, 1.165) is 0 Å². The Bertz CT molecular complexity index is 656. The maximum atomic E-state index is 13.0. The highest BCUT2D eigenvalue weighted by Gasteiger charge is 2.75. The topological polar surface area (TPSA) is 117 Å². The van der Waals surface area contributed by atoms with E-state index in [0.29, 0.717) is 0 Å². The average Bonchev–Trinajstić information content (AvgIpc) is 2.90. The molecule has 7 atom stereocenters. The number of ether oxygens (including phenoxy) is 4. The second-order valence-electron chi connectivity index (χ2n) is 6.68. The summed E-state index contributed by atoms with van der Waals surface area (Å²) in [6.07, 6.45) is -3.44. The standard InChI is InChI=1S/C17H21NO8/c1-5-6-10-11(22)12-13-14(23-8(3)20)17(10,18-7(2)19)15(24-9(4)21)16(25-12)26-13/h5,10,12-16H,1,6H2,2-4H3,(H,18,19)/t10-,12+,13-,14-,15-,16-,17-/m1/s1. The van der Waals surface area contributed by atoms with Crippen LogP contribution in [0.4, 0.5) is 0 Å². The van der Waals surface area contributed by atoms with Gasteiger partial charge in [-0.2, -0.15) is 0 Å². The van der Waals surface area contributed by atoms with Crippen molar-refractivity contribution in [1.82, 2.24) is 5.32 Å². The zero-order valence-electron chi connectivity index (χ0n) is 14.7. The maximum absolute atomic E-state index is 13.0. The van der Waals surface area contributed by atoms with Crippen molar-refractivity contribution in [3.63, 3.8) is 0 Å². The van der Waals surface area contributed by atoms with Gasteiger partial charge in [-0.1, -0.05) is 6.08 Å². The van der Waals surface area contributed by atoms with Gasteiger partial charge in [-0.15, -0.1) is 6.58 Å². The van der Waals surface area contributed by atoms with Crippen LogP contribution in [-0.4, -0.2) is 59.9 Å². The summed E-state index contributed by atoms with van der Waals surface area (Å²) in [6, 6.07) is 0. The van der Waals surface area contributed by atoms with Crippen LogP contribution in [-0.2, 0) is 38.1 Å². The lowest BCUT2D eigenvalue weighted by atomic mass is 9.63. The zero-order valence-corrected chi connectivity index (χ0v) is 14.7. The predicted octanol–water partition coefficient (Wildman–Crippen LogP) is -0.377. The summed E-state index contributed by atoms with van der Waals surface area (Å²) in [5, 5.41) is 2.74. The van der Waals surface area contributed by atoms with Crippen molar-refractivity contribution >= 4 is 23.6 Å². The van der Waals surface area contributed by atoms with Crippen LogP contribution in [0, 0.1) is 5.92 Å². The molecule has 3 fully saturated rings. The molecule has 3 bridgehead atoms. The molecule has 1 amide bonds. The number of allylic oxidation sites excluding steroid dienone is 1. The number of rotatable bonds is 5. The molecule has 0 unspecified atom stereocenters. The molecule has 2 aliphatic heterocycles. The minimum absolute atomic E-state index is 0.175. The van der Waals surface area contributed by atoms with E-state index in [4.69, 9.17) is 18.9 Å². The number of hydrogen-bond donors (Lipinski definition) is 1. The van der Waals surface area contributed by atoms with Crippen molar-refractivity contribution in [3.8, 4) is 0 Å². The van der Waals surface area contributed by atoms with E-state index in [-0.39, 0.29) is 12.2 Å². The van der Waals surface area contributed by atoms with Crippen LogP contribution in [0.1, 0.15) is 27.2 Å². The highest BCUT2D eigenvalue weighted by atomic mass is 16.8. The van der Waals surface area contributed by atoms with Gasteiger partial charge >= 0.3 is 11.9 Å². The van der Waals surface area contributed by atoms with Gasteiger partial charge in [0, 0.05) is 20.8 Å². The van der Waals surface area contributed by atoms with E-state index >= 15 is 0 Å². The Morgan fingerprint density at radius 3 is 2.31 bits per heavy atom. The first-order chi connectivity index (χ1) is 12.2. The first kappa shape index (κ1) is 18.5. The number of hydrogen-bond acceptors (Lipinski definition) is 8. The minimum Gasteiger partial charge on any atom is -0.457 e. The molecule has 2 heterocycles. The third-order valence-electron chi connectivity index (χ3n) is 4.94. The smallest absolute Gasteiger partial charge is 0.303 e. The third-order valence-corrected chi connectivity index (χ3v) is 4.94. The fraction of sp³-hybridized carbons (Fsp3) is 0.647. The molecule has 1 saturated carbocycles. The summed E-state index contributed by atoms with van der Waals surface area (Å²) in [5.41, 5.74) is -1.50. The van der Waals surface area contributed by atoms with Crippen LogP contribution in [0.3, 0.4) is 0 Å². The number of Topliss-reactive ketones (excluding diaryl/α,β-unsaturated/α-hetero) is 1. The van der Waals surface area contributed by atoms with Crippen molar-refractivity contribution in [2.24, 2.45) is 5.92 Å². The van der Waals surface area contributed by atoms with Gasteiger partial charge in [0.05, 0.1) is 5.92 Å². The summed E-state index contributed by atoms with van der Waals surface area (Å²) in [4.78, 5) is 48.5. The lowest BCUT2D eigenvalue weighted by Crippen LogP contribution is -2.79. The molecule has 2 saturated heterocycles. The first-order valence-electron chi connectivity index (χ1n) is 8.31. The molecule has 0 aromatic carbocycles. The highest BCUT2D eigenvalue weighted by Crippen LogP contribution is 2.51. The predicted molar refractivity (Wildman–Crippen MR) is 84.5 cm³/mol. The molecule has 3 rings (SSSR count). The molecular weight excluding hydrogens is 346 g/mol. The Labute approximate surface area is 150 Å². The number of carbonyl (C=O) groups is 4. The van der Waals surface area contributed by atoms with Crippen molar-refractivity contribution in [3.05, 3.63) is 12.7 Å². The summed E-state index contributed by atoms with van der Waals surface area (Å²) < 4.78 is 22.2. The third kappa shape index (κ3) is 2.62. The van der Waals surface area contributed by atoms with Gasteiger partial charge in [-0.25, -0.2) is 0 Å². The largest absolute Gasteiger partial charge is 0.457 e. The Morgan fingerprint density at radius 1 is 1.15 bits per heavy atom. The lowest BCUT2D eigenvalue weighted by Gasteiger charge is -2.54. The van der Waals surface area contributed by atoms with E-state index in [2.05, 4.69) is 11.9 Å². The first-order valence-corrected chi connectivity index (χ1v) is 8.31. The molecule has 9 heteroatoms. The summed E-state index contributed by atoms with van der Waals surface area (Å²) >= 11 is 0. The van der Waals surface area contributed by atoms with Gasteiger partial charge in [0.25, 0.3) is 0 Å². The summed E-state index contributed by atoms with van der Waals surface area (Å²) in [5.74, 6) is -2.91. The molecule has 0 spiro atoms. The fourth-order valence-electron chi connectivity index (χ4n) is 4.26. The second kappa shape index (κ2) is 6.48. The molecule has 26 heavy (non-hydrogen) atoms. The second-order valence-corrected chi connectivity index (χ2v) is 6.68. The average molecular weight is 367 g/mol. The maximum Gasteiger partial charge on any atom is 0.303 e. The molecule has 3 aliphatic rings. The molecule has 0 aromatic heterocycles. The van der Waals surface area contributed by atoms with Crippen molar-refractivity contribution in [2.75, 3.05) is 0 Å². The van der Waals surface area contributed by atoms with Gasteiger partial charge in [0.1, 0.15) is 17.7 Å². The van der Waals surface area contributed by atoms with E-state index in [9.17, 15) is 19.2 Å². The molecule has 1 N–H and O–H groups in total. The van der Waals surface area contributed by atoms with Crippen LogP contribution >= 0.6 is 0 Å². The minimum atomic E-state index is -1.50. The Morgan fingerprint density at radius 2 is 1.77 bits per heavy atom. The molecule has 142 valence electrons. The number of ketones is 1. The number of carbonyl (C=O) groups excluding carboxylic acids is 4. The number of fused-ring (bicyclic) bond motifs is 2. The fourth-order valence-corrected chi connectivity index (χ4v) is 4.26. The van der Waals surface area contributed by atoms with Crippen LogP contribution in [0.5, 0.6) is 0 Å². The van der Waals surface area contributed by atoms with Crippen molar-refractivity contribution in [1.29, 1.82) is 0 Å². The van der Waals surface area contributed by atoms with Crippen LogP contribution in [0.2, 0.25) is 0 Å². The molecule has 0 radical (unpaired) electrons. The van der Waals surface area contributed by atoms with Gasteiger partial charge in [-0.3, -0.25) is 19.2 Å². The van der Waals surface area contributed by atoms with Gasteiger partial charge < -0.3 is 24.3 Å². The van der Waals surface area contributed by atoms with E-state index in [1.54, 1.807) is 0 Å². The number of nitrogens with one attached hydrogen (secondary N) is 1. The Kier molecular flexibility index (Phi) is 4.61. The van der Waals surface area contributed by atoms with Gasteiger partial charge in [0.15, 0.2) is 24.3 Å². The number of esters is 2. The Hall–Kier alpha value is -2.26. The van der Waals surface area contributed by atoms with Crippen LogP contribution in [0.15, 0.2) is 12.7 Å². The lowest BCUT2D eigenvalue weighted by molar-refractivity contribution is -0.249. The molecule has 9 nitrogen and oxygen atoms in total. The van der Waals surface area contributed by atoms with Crippen LogP contribution < -0.4 is 5.32 Å². The van der Waals surface area contributed by atoms with Gasteiger partial charge in [0.2, 0.25) is 5.91 Å². The quantitative estimate of drug-likeness (QED) is 0.516. The molecule has 1 aliphatic carbocycles.